The summed E-state index contributed by atoms with van der Waals surface area (Å²) in [6, 6.07) is 19.3. The lowest BCUT2D eigenvalue weighted by molar-refractivity contribution is 0.104. The van der Waals surface area contributed by atoms with Crippen LogP contribution in [-0.2, 0) is 10.0 Å². The predicted molar refractivity (Wildman–Crippen MR) is 105 cm³/mol. The quantitative estimate of drug-likeness (QED) is 0.607. The maximum Gasteiger partial charge on any atom is 0.282 e. The summed E-state index contributed by atoms with van der Waals surface area (Å²) >= 11 is 3.20. The van der Waals surface area contributed by atoms with Gasteiger partial charge in [0.2, 0.25) is 5.78 Å². The largest absolute Gasteiger partial charge is 0.288 e. The van der Waals surface area contributed by atoms with Crippen LogP contribution in [0.4, 0.5) is 0 Å². The Balaban J connectivity index is 1.87. The first kappa shape index (κ1) is 16.9. The molecule has 6 heteroatoms. The zero-order valence-electron chi connectivity index (χ0n) is 13.4. The van der Waals surface area contributed by atoms with Crippen molar-refractivity contribution in [2.24, 2.45) is 4.40 Å². The Morgan fingerprint density at radius 2 is 1.46 bits per heavy atom. The number of rotatable bonds is 2. The van der Waals surface area contributed by atoms with Crippen molar-refractivity contribution in [3.05, 3.63) is 88.4 Å². The number of halogens is 1. The van der Waals surface area contributed by atoms with Gasteiger partial charge in [-0.25, -0.2) is 0 Å². The molecule has 128 valence electrons. The van der Waals surface area contributed by atoms with Crippen molar-refractivity contribution in [1.29, 1.82) is 0 Å². The van der Waals surface area contributed by atoms with E-state index in [1.165, 1.54) is 6.08 Å². The molecule has 0 saturated carbocycles. The summed E-state index contributed by atoms with van der Waals surface area (Å²) in [6.07, 6.45) is 1.45. The van der Waals surface area contributed by atoms with Crippen LogP contribution in [0.2, 0.25) is 0 Å². The molecular weight excluding hydrogens is 414 g/mol. The minimum Gasteiger partial charge on any atom is -0.288 e. The van der Waals surface area contributed by atoms with Crippen LogP contribution in [0.25, 0.3) is 10.8 Å². The third-order valence-corrected chi connectivity index (χ3v) is 6.04. The summed E-state index contributed by atoms with van der Waals surface area (Å²) in [5.74, 6) is -0.192. The van der Waals surface area contributed by atoms with E-state index in [2.05, 4.69) is 20.3 Å². The number of hydrogen-bond donors (Lipinski definition) is 0. The van der Waals surface area contributed by atoms with Gasteiger partial charge in [-0.2, -0.15) is 12.8 Å². The van der Waals surface area contributed by atoms with Crippen LogP contribution in [0.5, 0.6) is 0 Å². The lowest BCUT2D eigenvalue weighted by Crippen LogP contribution is -2.16. The molecule has 0 fully saturated rings. The van der Waals surface area contributed by atoms with E-state index in [1.54, 1.807) is 42.5 Å². The molecule has 0 unspecified atom stereocenters. The first-order valence-corrected chi connectivity index (χ1v) is 10.0. The average Bonchev–Trinajstić information content (AvgIpc) is 2.65. The minimum absolute atomic E-state index is 0.114. The molecule has 3 aromatic carbocycles. The number of hydrogen-bond acceptors (Lipinski definition) is 3. The summed E-state index contributed by atoms with van der Waals surface area (Å²) in [5.41, 5.74) is 1.17. The van der Waals surface area contributed by atoms with E-state index in [-0.39, 0.29) is 20.9 Å². The molecule has 26 heavy (non-hydrogen) atoms. The van der Waals surface area contributed by atoms with E-state index in [0.29, 0.717) is 11.1 Å². The number of carbonyl (C=O) groups is 1. The number of sulfonamides is 1. The second kappa shape index (κ2) is 6.30. The maximum atomic E-state index is 12.8. The molecule has 1 aliphatic rings. The summed E-state index contributed by atoms with van der Waals surface area (Å²) in [7, 11) is -3.92. The normalized spacial score (nSPS) is 15.8. The smallest absolute Gasteiger partial charge is 0.282 e. The molecule has 0 radical (unpaired) electrons. The van der Waals surface area contributed by atoms with Gasteiger partial charge in [-0.3, -0.25) is 4.79 Å². The molecule has 0 spiro atoms. The van der Waals surface area contributed by atoms with Gasteiger partial charge in [0.25, 0.3) is 10.0 Å². The zero-order valence-corrected chi connectivity index (χ0v) is 15.8. The van der Waals surface area contributed by atoms with Gasteiger partial charge in [-0.15, -0.1) is 0 Å². The molecule has 0 bridgehead atoms. The monoisotopic (exact) mass is 425 g/mol. The Morgan fingerprint density at radius 3 is 2.23 bits per heavy atom. The molecule has 0 N–H and O–H groups in total. The molecule has 0 amide bonds. The van der Waals surface area contributed by atoms with Crippen molar-refractivity contribution in [2.45, 2.75) is 4.90 Å². The molecule has 0 heterocycles. The number of allylic oxidation sites excluding steroid dienone is 2. The highest BCUT2D eigenvalue weighted by molar-refractivity contribution is 9.12. The van der Waals surface area contributed by atoms with E-state index in [9.17, 15) is 13.2 Å². The molecule has 4 nitrogen and oxygen atoms in total. The second-order valence-electron chi connectivity index (χ2n) is 5.83. The van der Waals surface area contributed by atoms with Gasteiger partial charge in [0.1, 0.15) is 0 Å². The Morgan fingerprint density at radius 1 is 0.808 bits per heavy atom. The highest BCUT2D eigenvalue weighted by Gasteiger charge is 2.24. The van der Waals surface area contributed by atoms with Gasteiger partial charge in [-0.1, -0.05) is 54.6 Å². The predicted octanol–water partition coefficient (Wildman–Crippen LogP) is 4.49. The van der Waals surface area contributed by atoms with E-state index in [1.807, 2.05) is 24.3 Å². The van der Waals surface area contributed by atoms with Crippen molar-refractivity contribution in [1.82, 2.24) is 0 Å². The molecule has 1 aliphatic carbocycles. The molecule has 0 aliphatic heterocycles. The van der Waals surface area contributed by atoms with Crippen LogP contribution in [-0.4, -0.2) is 19.9 Å². The van der Waals surface area contributed by atoms with Crippen molar-refractivity contribution in [3.63, 3.8) is 0 Å². The number of ketones is 1. The zero-order chi connectivity index (χ0) is 18.3. The third-order valence-electron chi connectivity index (χ3n) is 4.17. The molecule has 4 rings (SSSR count). The number of carbonyl (C=O) groups excluding carboxylic acids is 1. The Kier molecular flexibility index (Phi) is 4.09. The topological polar surface area (TPSA) is 63.6 Å². The third kappa shape index (κ3) is 2.91. The van der Waals surface area contributed by atoms with Crippen LogP contribution < -0.4 is 0 Å². The highest BCUT2D eigenvalue weighted by Crippen LogP contribution is 2.27. The van der Waals surface area contributed by atoms with Gasteiger partial charge < -0.3 is 0 Å². The summed E-state index contributed by atoms with van der Waals surface area (Å²) in [6.45, 7) is 0. The van der Waals surface area contributed by atoms with Crippen LogP contribution in [0, 0.1) is 0 Å². The molecule has 0 atom stereocenters. The average molecular weight is 426 g/mol. The summed E-state index contributed by atoms with van der Waals surface area (Å²) < 4.78 is 29.9. The molecular formula is C20H12BrNO3S. The SMILES string of the molecule is O=C1C(Br)=C/C(=N\S(=O)(=O)c2ccc3ccccc3c2)c2ccccc21. The van der Waals surface area contributed by atoms with Crippen LogP contribution >= 0.6 is 15.9 Å². The fourth-order valence-corrected chi connectivity index (χ4v) is 4.34. The van der Waals surface area contributed by atoms with Gasteiger partial charge in [0.05, 0.1) is 15.1 Å². The highest BCUT2D eigenvalue weighted by atomic mass is 79.9. The van der Waals surface area contributed by atoms with Gasteiger partial charge in [0, 0.05) is 11.1 Å². The number of fused-ring (bicyclic) bond motifs is 2. The minimum atomic E-state index is -3.92. The lowest BCUT2D eigenvalue weighted by atomic mass is 9.94. The Bertz CT molecular complexity index is 1230. The van der Waals surface area contributed by atoms with Crippen LogP contribution in [0.15, 0.2) is 86.6 Å². The van der Waals surface area contributed by atoms with E-state index < -0.39 is 10.0 Å². The number of nitrogens with zero attached hydrogens (tertiary/aromatic N) is 1. The first-order chi connectivity index (χ1) is 12.5. The Hall–Kier alpha value is -2.57. The van der Waals surface area contributed by atoms with Crippen molar-refractivity contribution in [2.75, 3.05) is 0 Å². The number of benzene rings is 3. The van der Waals surface area contributed by atoms with Crippen LogP contribution in [0.3, 0.4) is 0 Å². The van der Waals surface area contributed by atoms with Gasteiger partial charge >= 0.3 is 0 Å². The van der Waals surface area contributed by atoms with Gasteiger partial charge in [-0.05, 0) is 44.9 Å². The van der Waals surface area contributed by atoms with Crippen molar-refractivity contribution >= 4 is 48.2 Å². The van der Waals surface area contributed by atoms with Crippen molar-refractivity contribution < 1.29 is 13.2 Å². The number of Topliss-reactive ketones (excluding diaryl/α,β-unsaturated/α-hetero) is 1. The maximum absolute atomic E-state index is 12.8. The summed E-state index contributed by atoms with van der Waals surface area (Å²) in [5, 5.41) is 1.78. The fourth-order valence-electron chi connectivity index (χ4n) is 2.88. The standard InChI is InChI=1S/C20H12BrNO3S/c21-18-12-19(16-7-3-4-8-17(16)20(18)23)22-26(24,25)15-10-9-13-5-1-2-6-14(13)11-15/h1-12H/b22-19+. The Labute approximate surface area is 159 Å². The van der Waals surface area contributed by atoms with Gasteiger partial charge in [0.15, 0.2) is 0 Å². The van der Waals surface area contributed by atoms with E-state index >= 15 is 0 Å². The summed E-state index contributed by atoms with van der Waals surface area (Å²) in [4.78, 5) is 12.3. The molecule has 3 aromatic rings. The first-order valence-electron chi connectivity index (χ1n) is 7.81. The van der Waals surface area contributed by atoms with Crippen molar-refractivity contribution in [3.8, 4) is 0 Å². The van der Waals surface area contributed by atoms with Crippen LogP contribution in [0.1, 0.15) is 15.9 Å². The second-order valence-corrected chi connectivity index (χ2v) is 8.29. The molecule has 0 saturated heterocycles. The molecule has 0 aromatic heterocycles. The van der Waals surface area contributed by atoms with E-state index in [0.717, 1.165) is 10.8 Å². The lowest BCUT2D eigenvalue weighted by Gasteiger charge is -2.14. The fraction of sp³-hybridized carbons (Fsp3) is 0. The van der Waals surface area contributed by atoms with E-state index in [4.69, 9.17) is 0 Å².